The third-order valence-corrected chi connectivity index (χ3v) is 8.52. The number of aliphatic hydroxyl groups excluding tert-OH is 1. The van der Waals surface area contributed by atoms with Crippen molar-refractivity contribution in [2.45, 2.75) is 47.9 Å². The van der Waals surface area contributed by atoms with Crippen molar-refractivity contribution in [1.82, 2.24) is 9.88 Å². The smallest absolute Gasteiger partial charge is 0.352 e. The molecule has 8 heteroatoms. The number of aliphatic carboxylic acids is 1. The van der Waals surface area contributed by atoms with Crippen LogP contribution in [0.3, 0.4) is 0 Å². The lowest BCUT2D eigenvalue weighted by atomic mass is 9.72. The quantitative estimate of drug-likeness (QED) is 0.745. The first-order valence-electron chi connectivity index (χ1n) is 9.48. The summed E-state index contributed by atoms with van der Waals surface area (Å²) in [4.78, 5) is 30.8. The molecule has 1 saturated heterocycles. The van der Waals surface area contributed by atoms with Crippen LogP contribution < -0.4 is 0 Å². The molecule has 3 aliphatic rings. The maximum Gasteiger partial charge on any atom is 0.352 e. The van der Waals surface area contributed by atoms with Crippen LogP contribution in [0, 0.1) is 11.8 Å². The van der Waals surface area contributed by atoms with E-state index in [1.807, 2.05) is 24.3 Å². The Labute approximate surface area is 170 Å². The maximum absolute atomic E-state index is 12.6. The fraction of sp³-hybridized carbons (Fsp3) is 0.450. The Morgan fingerprint density at radius 2 is 2.14 bits per heavy atom. The second-order valence-electron chi connectivity index (χ2n) is 7.67. The van der Waals surface area contributed by atoms with E-state index in [0.29, 0.717) is 0 Å². The second-order valence-corrected chi connectivity index (χ2v) is 10.1. The number of carbonyl (C=O) groups is 2. The molecule has 1 aliphatic carbocycles. The highest BCUT2D eigenvalue weighted by Crippen LogP contribution is 2.55. The van der Waals surface area contributed by atoms with E-state index in [-0.39, 0.29) is 28.8 Å². The van der Waals surface area contributed by atoms with Crippen LogP contribution in [0.25, 0.3) is 10.2 Å². The molecule has 2 fully saturated rings. The van der Waals surface area contributed by atoms with Gasteiger partial charge in [0.15, 0.2) is 4.34 Å². The number of thioether (sulfide) groups is 1. The van der Waals surface area contributed by atoms with Crippen molar-refractivity contribution < 1.29 is 19.8 Å². The van der Waals surface area contributed by atoms with Crippen LogP contribution in [0.5, 0.6) is 0 Å². The summed E-state index contributed by atoms with van der Waals surface area (Å²) in [6, 6.07) is 7.75. The van der Waals surface area contributed by atoms with Crippen LogP contribution in [0.2, 0.25) is 0 Å². The van der Waals surface area contributed by atoms with Crippen molar-refractivity contribution in [2.24, 2.45) is 11.8 Å². The lowest BCUT2D eigenvalue weighted by Crippen LogP contribution is -2.64. The molecule has 0 bridgehead atoms. The topological polar surface area (TPSA) is 90.7 Å². The molecule has 2 N–H and O–H groups in total. The lowest BCUT2D eigenvalue weighted by molar-refractivity contribution is -0.163. The van der Waals surface area contributed by atoms with Crippen molar-refractivity contribution in [3.63, 3.8) is 0 Å². The van der Waals surface area contributed by atoms with Crippen LogP contribution in [0.1, 0.15) is 26.2 Å². The number of benzene rings is 1. The number of β-lactam (4-membered cyclic amide) rings is 1. The van der Waals surface area contributed by atoms with E-state index >= 15 is 0 Å². The van der Waals surface area contributed by atoms with Crippen molar-refractivity contribution in [1.29, 1.82) is 0 Å². The Hall–Kier alpha value is -1.90. The molecule has 5 unspecified atom stereocenters. The van der Waals surface area contributed by atoms with E-state index in [9.17, 15) is 19.8 Å². The Kier molecular flexibility index (Phi) is 4.26. The lowest BCUT2D eigenvalue weighted by Gasteiger charge is -2.47. The number of carboxylic acids is 1. The van der Waals surface area contributed by atoms with Gasteiger partial charge in [-0.05, 0) is 37.5 Å². The molecule has 5 atom stereocenters. The van der Waals surface area contributed by atoms with Crippen LogP contribution in [0.4, 0.5) is 0 Å². The van der Waals surface area contributed by atoms with Gasteiger partial charge in [-0.25, -0.2) is 9.78 Å². The maximum atomic E-state index is 12.6. The fourth-order valence-corrected chi connectivity index (χ4v) is 7.58. The molecule has 2 aliphatic heterocycles. The van der Waals surface area contributed by atoms with Gasteiger partial charge in [0.1, 0.15) is 5.70 Å². The first-order chi connectivity index (χ1) is 13.5. The zero-order valence-corrected chi connectivity index (χ0v) is 16.9. The average Bonchev–Trinajstić information content (AvgIpc) is 3.18. The predicted molar refractivity (Wildman–Crippen MR) is 107 cm³/mol. The minimum atomic E-state index is -1.04. The van der Waals surface area contributed by atoms with E-state index in [0.717, 1.165) is 39.4 Å². The highest BCUT2D eigenvalue weighted by atomic mass is 32.2. The number of fused-ring (bicyclic) bond motifs is 4. The van der Waals surface area contributed by atoms with Gasteiger partial charge in [0, 0.05) is 11.2 Å². The Morgan fingerprint density at radius 3 is 2.86 bits per heavy atom. The van der Waals surface area contributed by atoms with E-state index < -0.39 is 18.0 Å². The van der Waals surface area contributed by atoms with Crippen molar-refractivity contribution >= 4 is 45.2 Å². The molecular formula is C20H20N2O4S2. The molecule has 1 aromatic heterocycles. The molecule has 5 rings (SSSR count). The molecule has 146 valence electrons. The third kappa shape index (κ3) is 2.54. The van der Waals surface area contributed by atoms with E-state index in [1.165, 1.54) is 4.90 Å². The summed E-state index contributed by atoms with van der Waals surface area (Å²) in [6.45, 7) is 1.62. The highest BCUT2D eigenvalue weighted by Gasteiger charge is 2.62. The van der Waals surface area contributed by atoms with Crippen LogP contribution in [0.15, 0.2) is 39.9 Å². The minimum Gasteiger partial charge on any atom is -0.477 e. The standard InChI is InChI=1S/C20H20N2O4S2/c1-9(23)14-16-10-5-4-8-13(15(10)17(19(25)26)22(16)18(14)24)28-20-21-11-6-2-3-7-12(11)27-20/h2-3,6-7,9-10,13-14,16,23H,4-5,8H2,1H3,(H,25,26). The minimum absolute atomic E-state index is 0.00142. The predicted octanol–water partition coefficient (Wildman–Crippen LogP) is 3.12. The zero-order chi connectivity index (χ0) is 19.6. The Bertz CT molecular complexity index is 982. The second kappa shape index (κ2) is 6.57. The molecule has 2 aromatic rings. The molecule has 6 nitrogen and oxygen atoms in total. The Balaban J connectivity index is 1.52. The van der Waals surface area contributed by atoms with Gasteiger partial charge in [-0.15, -0.1) is 11.3 Å². The number of para-hydroxylation sites is 1. The first kappa shape index (κ1) is 18.1. The number of nitrogens with zero attached hydrogens (tertiary/aromatic N) is 2. The number of hydrogen-bond acceptors (Lipinski definition) is 6. The highest BCUT2D eigenvalue weighted by molar-refractivity contribution is 8.01. The van der Waals surface area contributed by atoms with Gasteiger partial charge in [0.25, 0.3) is 0 Å². The number of carbonyl (C=O) groups excluding carboxylic acids is 1. The van der Waals surface area contributed by atoms with Gasteiger partial charge in [-0.1, -0.05) is 30.3 Å². The number of aromatic nitrogens is 1. The summed E-state index contributed by atoms with van der Waals surface area (Å²) >= 11 is 3.24. The molecule has 1 aromatic carbocycles. The van der Waals surface area contributed by atoms with Crippen molar-refractivity contribution in [2.75, 3.05) is 0 Å². The first-order valence-corrected chi connectivity index (χ1v) is 11.2. The molecule has 0 spiro atoms. The summed E-state index contributed by atoms with van der Waals surface area (Å²) in [6.07, 6.45) is 1.95. The van der Waals surface area contributed by atoms with Crippen molar-refractivity contribution in [3.8, 4) is 0 Å². The monoisotopic (exact) mass is 416 g/mol. The van der Waals surface area contributed by atoms with Crippen LogP contribution >= 0.6 is 23.1 Å². The van der Waals surface area contributed by atoms with Gasteiger partial charge < -0.3 is 15.1 Å². The fourth-order valence-electron chi connectivity index (χ4n) is 4.98. The number of hydrogen-bond donors (Lipinski definition) is 2. The number of thiazole rings is 1. The molecule has 1 amide bonds. The zero-order valence-electron chi connectivity index (χ0n) is 15.2. The van der Waals surface area contributed by atoms with Gasteiger partial charge >= 0.3 is 5.97 Å². The average molecular weight is 417 g/mol. The summed E-state index contributed by atoms with van der Waals surface area (Å²) < 4.78 is 2.04. The van der Waals surface area contributed by atoms with E-state index in [2.05, 4.69) is 0 Å². The van der Waals surface area contributed by atoms with E-state index in [1.54, 1.807) is 30.0 Å². The van der Waals surface area contributed by atoms with Crippen LogP contribution in [-0.2, 0) is 9.59 Å². The molecule has 3 heterocycles. The molecule has 28 heavy (non-hydrogen) atoms. The number of rotatable bonds is 4. The van der Waals surface area contributed by atoms with Gasteiger partial charge in [0.05, 0.1) is 28.3 Å². The number of aliphatic hydroxyl groups is 1. The molecule has 1 saturated carbocycles. The molecule has 0 radical (unpaired) electrons. The molecular weight excluding hydrogens is 396 g/mol. The van der Waals surface area contributed by atoms with Gasteiger partial charge in [0.2, 0.25) is 5.91 Å². The summed E-state index contributed by atoms with van der Waals surface area (Å²) in [5.41, 5.74) is 1.97. The number of carboxylic acid groups (broad SMARTS) is 1. The van der Waals surface area contributed by atoms with Gasteiger partial charge in [-0.2, -0.15) is 0 Å². The van der Waals surface area contributed by atoms with Crippen LogP contribution in [-0.4, -0.2) is 49.4 Å². The Morgan fingerprint density at radius 1 is 1.36 bits per heavy atom. The van der Waals surface area contributed by atoms with Gasteiger partial charge in [-0.3, -0.25) is 4.79 Å². The number of amides is 1. The third-order valence-electron chi connectivity index (χ3n) is 6.08. The SMILES string of the molecule is CC(O)C1C(=O)N2C(C(=O)O)=C3C(Sc4nc5ccccc5s4)CCCC3C12. The largest absolute Gasteiger partial charge is 0.477 e. The summed E-state index contributed by atoms with van der Waals surface area (Å²) in [5, 5.41) is 19.9. The van der Waals surface area contributed by atoms with Crippen molar-refractivity contribution in [3.05, 3.63) is 35.5 Å². The summed E-state index contributed by atoms with van der Waals surface area (Å²) in [5.74, 6) is -1.79. The normalized spacial score (nSPS) is 30.2. The van der Waals surface area contributed by atoms with E-state index in [4.69, 9.17) is 4.98 Å². The summed E-state index contributed by atoms with van der Waals surface area (Å²) in [7, 11) is 0.